The normalized spacial score (nSPS) is 17.7. The van der Waals surface area contributed by atoms with E-state index in [0.717, 1.165) is 11.1 Å². The number of alkyl halides is 4. The Balaban J connectivity index is 1.57. The van der Waals surface area contributed by atoms with Crippen molar-refractivity contribution in [2.45, 2.75) is 52.1 Å². The van der Waals surface area contributed by atoms with Gasteiger partial charge in [0.25, 0.3) is 0 Å². The van der Waals surface area contributed by atoms with E-state index >= 15 is 0 Å². The number of nitrogens with one attached hydrogen (secondary N) is 1. The molecule has 0 bridgehead atoms. The molecule has 1 saturated heterocycles. The molecule has 2 heterocycles. The van der Waals surface area contributed by atoms with E-state index in [1.54, 1.807) is 49.5 Å². The molecule has 7 nitrogen and oxygen atoms in total. The number of halogens is 4. The minimum absolute atomic E-state index is 0.0978. The number of methoxy groups -OCH3 is 1. The zero-order valence-electron chi connectivity index (χ0n) is 24.7. The van der Waals surface area contributed by atoms with Crippen molar-refractivity contribution >= 4 is 34.5 Å². The summed E-state index contributed by atoms with van der Waals surface area (Å²) in [7, 11) is 1.46. The summed E-state index contributed by atoms with van der Waals surface area (Å²) in [6.45, 7) is 5.99. The van der Waals surface area contributed by atoms with Crippen LogP contribution < -0.4 is 10.1 Å². The Labute approximate surface area is 248 Å². The highest BCUT2D eigenvalue weighted by Crippen LogP contribution is 2.32. The monoisotopic (exact) mass is 600 g/mol. The predicted molar refractivity (Wildman–Crippen MR) is 160 cm³/mol. The number of nitrogens with zero attached hydrogens (tertiary/aromatic N) is 3. The van der Waals surface area contributed by atoms with Crippen molar-refractivity contribution in [2.24, 2.45) is 10.9 Å². The molecule has 0 saturated carbocycles. The van der Waals surface area contributed by atoms with Gasteiger partial charge in [-0.3, -0.25) is 9.89 Å². The lowest BCUT2D eigenvalue weighted by atomic mass is 9.95. The number of benzene rings is 2. The van der Waals surface area contributed by atoms with Crippen LogP contribution in [-0.4, -0.2) is 73.4 Å². The number of esters is 1. The van der Waals surface area contributed by atoms with Crippen molar-refractivity contribution < 1.29 is 31.8 Å². The van der Waals surface area contributed by atoms with Crippen LogP contribution in [0.4, 0.5) is 28.9 Å². The second kappa shape index (κ2) is 14.0. The van der Waals surface area contributed by atoms with E-state index in [1.165, 1.54) is 13.2 Å². The fourth-order valence-corrected chi connectivity index (χ4v) is 5.05. The lowest BCUT2D eigenvalue weighted by Gasteiger charge is -2.35. The van der Waals surface area contributed by atoms with Gasteiger partial charge >= 0.3 is 12.1 Å². The standard InChI is InChI=1S/C32H36F4N4O3/c1-5-43-31(41)22-11-12-28(30(16-22)42-4)37-14-7-8-24-17-25-27(9-6-10-29(25)40(24)20-32(34,35)36)38-18-23-13-15-39(21(2)3)19-26(23)33/h6,9-12,16-18,21,23,26,37H,5,13-15,19-20H2,1-4H3/t23?,26-/m1/s1. The molecule has 1 aliphatic rings. The molecule has 0 spiro atoms. The summed E-state index contributed by atoms with van der Waals surface area (Å²) in [6.07, 6.45) is -3.33. The minimum Gasteiger partial charge on any atom is -0.495 e. The maximum atomic E-state index is 14.8. The van der Waals surface area contributed by atoms with Crippen molar-refractivity contribution in [1.29, 1.82) is 0 Å². The lowest BCUT2D eigenvalue weighted by molar-refractivity contribution is -0.140. The summed E-state index contributed by atoms with van der Waals surface area (Å²) in [6, 6.07) is 11.6. The van der Waals surface area contributed by atoms with Gasteiger partial charge in [-0.1, -0.05) is 12.0 Å². The van der Waals surface area contributed by atoms with E-state index in [9.17, 15) is 22.4 Å². The summed E-state index contributed by atoms with van der Waals surface area (Å²) in [4.78, 5) is 18.6. The van der Waals surface area contributed by atoms with Crippen molar-refractivity contribution in [3.8, 4) is 17.6 Å². The number of aliphatic imine (C=N–C) groups is 1. The highest BCUT2D eigenvalue weighted by atomic mass is 19.4. The molecule has 4 rings (SSSR count). The van der Waals surface area contributed by atoms with Crippen molar-refractivity contribution in [2.75, 3.05) is 38.7 Å². The van der Waals surface area contributed by atoms with Gasteiger partial charge in [-0.2, -0.15) is 13.2 Å². The summed E-state index contributed by atoms with van der Waals surface area (Å²) in [5, 5.41) is 3.58. The largest absolute Gasteiger partial charge is 0.495 e. The number of fused-ring (bicyclic) bond motifs is 1. The number of hydrogen-bond donors (Lipinski definition) is 1. The molecule has 1 aromatic heterocycles. The van der Waals surface area contributed by atoms with Gasteiger partial charge < -0.3 is 19.4 Å². The topological polar surface area (TPSA) is 68.1 Å². The number of piperidine rings is 1. The van der Waals surface area contributed by atoms with Gasteiger partial charge in [-0.25, -0.2) is 9.18 Å². The first-order valence-corrected chi connectivity index (χ1v) is 14.2. The number of aromatic nitrogens is 1. The molecule has 1 aliphatic heterocycles. The van der Waals surface area contributed by atoms with Crippen LogP contribution in [0.2, 0.25) is 0 Å². The Morgan fingerprint density at radius 3 is 2.70 bits per heavy atom. The zero-order valence-corrected chi connectivity index (χ0v) is 24.7. The number of hydrogen-bond acceptors (Lipinski definition) is 6. The van der Waals surface area contributed by atoms with Crippen molar-refractivity contribution in [3.05, 3.63) is 53.7 Å². The first-order chi connectivity index (χ1) is 20.5. The van der Waals surface area contributed by atoms with Crippen LogP contribution in [0.15, 0.2) is 47.5 Å². The predicted octanol–water partition coefficient (Wildman–Crippen LogP) is 6.62. The first-order valence-electron chi connectivity index (χ1n) is 14.2. The molecule has 230 valence electrons. The molecule has 1 fully saturated rings. The van der Waals surface area contributed by atoms with Crippen LogP contribution in [0.1, 0.15) is 43.2 Å². The number of ether oxygens (including phenoxy) is 2. The average molecular weight is 601 g/mol. The summed E-state index contributed by atoms with van der Waals surface area (Å²) in [5.41, 5.74) is 1.86. The maximum absolute atomic E-state index is 14.8. The van der Waals surface area contributed by atoms with E-state index < -0.39 is 24.9 Å². The molecular weight excluding hydrogens is 564 g/mol. The third-order valence-corrected chi connectivity index (χ3v) is 7.32. The van der Waals surface area contributed by atoms with Crippen LogP contribution in [0, 0.1) is 17.8 Å². The fraction of sp³-hybridized carbons (Fsp3) is 0.438. The van der Waals surface area contributed by atoms with Gasteiger partial charge in [0.2, 0.25) is 0 Å². The molecule has 3 aromatic rings. The molecule has 11 heteroatoms. The Kier molecular flexibility index (Phi) is 10.3. The quantitative estimate of drug-likeness (QED) is 0.129. The molecule has 2 aromatic carbocycles. The molecule has 0 amide bonds. The third-order valence-electron chi connectivity index (χ3n) is 7.32. The number of likely N-dealkylation sites (tertiary alicyclic amines) is 1. The van der Waals surface area contributed by atoms with E-state index in [2.05, 4.69) is 27.0 Å². The SMILES string of the molecule is CCOC(=O)c1ccc(NCC#Cc2cc3c(N=CC4CCN(C(C)C)C[C@H]4F)cccc3n2CC(F)(F)F)c(OC)c1. The number of carbonyl (C=O) groups is 1. The Hall–Kier alpha value is -4.04. The molecule has 2 atom stereocenters. The Bertz CT molecular complexity index is 1520. The number of rotatable bonds is 9. The van der Waals surface area contributed by atoms with Gasteiger partial charge in [-0.15, -0.1) is 0 Å². The fourth-order valence-electron chi connectivity index (χ4n) is 5.05. The van der Waals surface area contributed by atoms with Crippen LogP contribution in [-0.2, 0) is 11.3 Å². The molecule has 43 heavy (non-hydrogen) atoms. The minimum atomic E-state index is -4.47. The highest BCUT2D eigenvalue weighted by molar-refractivity contribution is 5.94. The summed E-state index contributed by atoms with van der Waals surface area (Å²) >= 11 is 0. The van der Waals surface area contributed by atoms with Crippen LogP contribution in [0.5, 0.6) is 5.75 Å². The van der Waals surface area contributed by atoms with Gasteiger partial charge in [0.05, 0.1) is 48.4 Å². The smallest absolute Gasteiger partial charge is 0.406 e. The zero-order chi connectivity index (χ0) is 31.1. The highest BCUT2D eigenvalue weighted by Gasteiger charge is 2.31. The first kappa shape index (κ1) is 31.9. The third kappa shape index (κ3) is 8.08. The second-order valence-corrected chi connectivity index (χ2v) is 10.6. The van der Waals surface area contributed by atoms with Gasteiger partial charge in [0.1, 0.15) is 18.5 Å². The maximum Gasteiger partial charge on any atom is 0.406 e. The molecule has 1 N–H and O–H groups in total. The Morgan fingerprint density at radius 2 is 2.02 bits per heavy atom. The Morgan fingerprint density at radius 1 is 1.23 bits per heavy atom. The van der Waals surface area contributed by atoms with E-state index in [1.807, 2.05) is 13.8 Å². The molecule has 0 radical (unpaired) electrons. The van der Waals surface area contributed by atoms with Crippen LogP contribution >= 0.6 is 0 Å². The molecular formula is C32H36F4N4O3. The van der Waals surface area contributed by atoms with E-state index in [0.29, 0.717) is 46.6 Å². The van der Waals surface area contributed by atoms with Crippen molar-refractivity contribution in [3.63, 3.8) is 0 Å². The second-order valence-electron chi connectivity index (χ2n) is 10.6. The van der Waals surface area contributed by atoms with Gasteiger partial charge in [0, 0.05) is 30.1 Å². The molecule has 0 aliphatic carbocycles. The summed E-state index contributed by atoms with van der Waals surface area (Å²) in [5.74, 6) is 5.28. The lowest BCUT2D eigenvalue weighted by Crippen LogP contribution is -2.45. The summed E-state index contributed by atoms with van der Waals surface area (Å²) < 4.78 is 67.1. The van der Waals surface area contributed by atoms with Crippen LogP contribution in [0.25, 0.3) is 10.9 Å². The average Bonchev–Trinajstić information content (AvgIpc) is 3.30. The van der Waals surface area contributed by atoms with Crippen molar-refractivity contribution in [1.82, 2.24) is 9.47 Å². The molecule has 1 unspecified atom stereocenters. The van der Waals surface area contributed by atoms with E-state index in [4.69, 9.17) is 9.47 Å². The van der Waals surface area contributed by atoms with Crippen LogP contribution in [0.3, 0.4) is 0 Å². The van der Waals surface area contributed by atoms with Gasteiger partial charge in [-0.05, 0) is 76.1 Å². The number of carbonyl (C=O) groups excluding carboxylic acids is 1. The number of anilines is 1. The van der Waals surface area contributed by atoms with E-state index in [-0.39, 0.29) is 30.8 Å². The van der Waals surface area contributed by atoms with Gasteiger partial charge in [0.15, 0.2) is 0 Å².